The predicted molar refractivity (Wildman–Crippen MR) is 86.2 cm³/mol. The van der Waals surface area contributed by atoms with Crippen molar-refractivity contribution in [2.24, 2.45) is 0 Å². The van der Waals surface area contributed by atoms with Crippen LogP contribution in [0.1, 0.15) is 17.3 Å². The van der Waals surface area contributed by atoms with E-state index in [2.05, 4.69) is 10.6 Å². The van der Waals surface area contributed by atoms with Crippen LogP contribution in [0.3, 0.4) is 0 Å². The molecule has 1 saturated heterocycles. The summed E-state index contributed by atoms with van der Waals surface area (Å²) in [5.74, 6) is -2.02. The van der Waals surface area contributed by atoms with E-state index in [1.54, 1.807) is 6.92 Å². The van der Waals surface area contributed by atoms with Crippen LogP contribution in [0.5, 0.6) is 0 Å². The molecular weight excluding hydrogens is 401 g/mol. The first-order chi connectivity index (χ1) is 12.1. The predicted octanol–water partition coefficient (Wildman–Crippen LogP) is 2.32. The smallest absolute Gasteiger partial charge is 0.310 e. The van der Waals surface area contributed by atoms with Crippen LogP contribution in [0, 0.1) is 0 Å². The molecule has 154 valence electrons. The number of rotatable bonds is 6. The molecule has 7 nitrogen and oxygen atoms in total. The Balaban J connectivity index is 2.28. The Morgan fingerprint density at radius 2 is 1.81 bits per heavy atom. The van der Waals surface area contributed by atoms with Gasteiger partial charge in [0.2, 0.25) is 0 Å². The summed E-state index contributed by atoms with van der Waals surface area (Å²) < 4.78 is 69.0. The summed E-state index contributed by atoms with van der Waals surface area (Å²) in [5, 5.41) is 14.1. The molecule has 13 heteroatoms. The van der Waals surface area contributed by atoms with Gasteiger partial charge in [-0.15, -0.1) is 0 Å². The highest BCUT2D eigenvalue weighted by Gasteiger charge is 2.65. The molecule has 1 fully saturated rings. The molecule has 0 aromatic heterocycles. The Morgan fingerprint density at radius 1 is 1.26 bits per heavy atom. The Bertz CT molecular complexity index is 755. The number of carbonyl (C=O) groups excluding carboxylic acids is 2. The van der Waals surface area contributed by atoms with Crippen LogP contribution in [0.2, 0.25) is 0 Å². The van der Waals surface area contributed by atoms with E-state index in [-0.39, 0.29) is 24.2 Å². The van der Waals surface area contributed by atoms with E-state index in [1.807, 2.05) is 0 Å². The van der Waals surface area contributed by atoms with Gasteiger partial charge < -0.3 is 15.4 Å². The highest BCUT2D eigenvalue weighted by atomic mass is 32.5. The van der Waals surface area contributed by atoms with Crippen LogP contribution in [0.15, 0.2) is 29.2 Å². The fourth-order valence-corrected chi connectivity index (χ4v) is 3.43. The molecule has 2 rings (SSSR count). The second-order valence-corrected chi connectivity index (χ2v) is 8.55. The fraction of sp³-hybridized carbons (Fsp3) is 0.429. The monoisotopic (exact) mass is 419 g/mol. The topological polar surface area (TPSA) is 99.7 Å². The number of methoxy groups -OCH3 is 1. The van der Waals surface area contributed by atoms with E-state index in [1.165, 1.54) is 12.6 Å². The molecule has 1 aromatic carbocycles. The summed E-state index contributed by atoms with van der Waals surface area (Å²) >= 11 is 0. The average Bonchev–Trinajstić information content (AvgIpc) is 2.57. The third-order valence-corrected chi connectivity index (χ3v) is 5.66. The number of carbonyl (C=O) groups is 2. The Morgan fingerprint density at radius 3 is 2.15 bits per heavy atom. The summed E-state index contributed by atoms with van der Waals surface area (Å²) in [6, 6.07) is -0.474. The van der Waals surface area contributed by atoms with Gasteiger partial charge in [0.25, 0.3) is 11.8 Å². The minimum absolute atomic E-state index is 0.0945. The third kappa shape index (κ3) is 4.15. The van der Waals surface area contributed by atoms with Gasteiger partial charge in [0.15, 0.2) is 0 Å². The number of halogens is 5. The minimum Gasteiger partial charge on any atom is -0.373 e. The van der Waals surface area contributed by atoms with Crippen molar-refractivity contribution in [2.45, 2.75) is 29.5 Å². The summed E-state index contributed by atoms with van der Waals surface area (Å²) in [6.07, 6.45) is 0. The van der Waals surface area contributed by atoms with Gasteiger partial charge >= 0.3 is 10.2 Å². The van der Waals surface area contributed by atoms with E-state index in [9.17, 15) is 29.0 Å². The van der Waals surface area contributed by atoms with Crippen molar-refractivity contribution in [3.63, 3.8) is 0 Å². The Hall–Kier alpha value is -1.96. The van der Waals surface area contributed by atoms with Gasteiger partial charge in [0, 0.05) is 25.3 Å². The van der Waals surface area contributed by atoms with Gasteiger partial charge in [-0.05, 0) is 31.2 Å². The number of benzene rings is 1. The van der Waals surface area contributed by atoms with Gasteiger partial charge in [-0.3, -0.25) is 14.8 Å². The van der Waals surface area contributed by atoms with Gasteiger partial charge in [-0.2, -0.15) is 0 Å². The SMILES string of the molecule is CO[C@]1([C@@H](NC(=O)c2ccc(S(F)(F)(F)(F)F)cc2)C(=O)NO)CN[C@H]1C. The lowest BCUT2D eigenvalue weighted by Gasteiger charge is -2.51. The maximum atomic E-state index is 12.7. The average molecular weight is 419 g/mol. The maximum Gasteiger partial charge on any atom is 0.310 e. The minimum atomic E-state index is -9.85. The zero-order valence-electron chi connectivity index (χ0n) is 14.1. The van der Waals surface area contributed by atoms with Crippen molar-refractivity contribution in [3.8, 4) is 0 Å². The second-order valence-electron chi connectivity index (χ2n) is 6.14. The largest absolute Gasteiger partial charge is 0.373 e. The zero-order chi connectivity index (χ0) is 20.7. The van der Waals surface area contributed by atoms with Gasteiger partial charge in [-0.1, -0.05) is 19.4 Å². The van der Waals surface area contributed by atoms with Crippen LogP contribution in [-0.4, -0.2) is 48.4 Å². The molecule has 1 aliphatic rings. The number of hydroxylamine groups is 1. The maximum absolute atomic E-state index is 12.7. The normalized spacial score (nSPS) is 26.1. The first-order valence-corrected chi connectivity index (χ1v) is 9.47. The number of ether oxygens (including phenoxy) is 1. The standard InChI is InChI=1S/C14H18F5N3O4S/c1-8-14(26-2,7-20-8)11(13(24)22-25)21-12(23)9-3-5-10(6-4-9)27(15,16,17,18)19/h3-6,8,11,20,25H,7H2,1-2H3,(H,21,23)(H,22,24)/t8-,11-,14+/m0/s1. The van der Waals surface area contributed by atoms with Crippen LogP contribution < -0.4 is 16.1 Å². The molecule has 3 atom stereocenters. The first kappa shape index (κ1) is 21.3. The van der Waals surface area contributed by atoms with Gasteiger partial charge in [-0.25, -0.2) is 5.48 Å². The van der Waals surface area contributed by atoms with Crippen molar-refractivity contribution < 1.29 is 39.0 Å². The second kappa shape index (κ2) is 6.02. The molecule has 0 bridgehead atoms. The molecule has 4 N–H and O–H groups in total. The van der Waals surface area contributed by atoms with Crippen molar-refractivity contribution in [1.82, 2.24) is 16.1 Å². The lowest BCUT2D eigenvalue weighted by Crippen LogP contribution is -2.78. The molecule has 0 radical (unpaired) electrons. The molecule has 0 unspecified atom stereocenters. The summed E-state index contributed by atoms with van der Waals surface area (Å²) in [6.45, 7) is 1.80. The summed E-state index contributed by atoms with van der Waals surface area (Å²) in [4.78, 5) is 22.1. The van der Waals surface area contributed by atoms with Crippen molar-refractivity contribution in [1.29, 1.82) is 0 Å². The van der Waals surface area contributed by atoms with E-state index in [0.29, 0.717) is 12.1 Å². The highest BCUT2D eigenvalue weighted by molar-refractivity contribution is 8.45. The molecule has 0 aliphatic carbocycles. The van der Waals surface area contributed by atoms with E-state index < -0.39 is 44.6 Å². The van der Waals surface area contributed by atoms with Gasteiger partial charge in [0.05, 0.1) is 0 Å². The van der Waals surface area contributed by atoms with E-state index in [0.717, 1.165) is 0 Å². The Kier molecular flexibility index (Phi) is 4.76. The summed E-state index contributed by atoms with van der Waals surface area (Å²) in [5.41, 5.74) is -0.218. The first-order valence-electron chi connectivity index (χ1n) is 7.52. The fourth-order valence-electron chi connectivity index (χ4n) is 2.78. The molecule has 1 aliphatic heterocycles. The summed E-state index contributed by atoms with van der Waals surface area (Å²) in [7, 11) is -8.57. The van der Waals surface area contributed by atoms with E-state index in [4.69, 9.17) is 9.94 Å². The van der Waals surface area contributed by atoms with Crippen LogP contribution in [0.4, 0.5) is 19.4 Å². The van der Waals surface area contributed by atoms with Crippen molar-refractivity contribution >= 4 is 22.0 Å². The lowest BCUT2D eigenvalue weighted by atomic mass is 9.79. The number of amides is 2. The molecule has 27 heavy (non-hydrogen) atoms. The number of hydrogen-bond acceptors (Lipinski definition) is 5. The van der Waals surface area contributed by atoms with Crippen LogP contribution in [-0.2, 0) is 9.53 Å². The van der Waals surface area contributed by atoms with Gasteiger partial charge in [0.1, 0.15) is 16.5 Å². The zero-order valence-corrected chi connectivity index (χ0v) is 15.0. The molecule has 2 amide bonds. The highest BCUT2D eigenvalue weighted by Crippen LogP contribution is 3.02. The van der Waals surface area contributed by atoms with Crippen LogP contribution in [0.25, 0.3) is 0 Å². The lowest BCUT2D eigenvalue weighted by molar-refractivity contribution is -0.152. The Labute approximate surface area is 150 Å². The quantitative estimate of drug-likeness (QED) is 0.322. The molecule has 1 heterocycles. The third-order valence-electron chi connectivity index (χ3n) is 4.50. The van der Waals surface area contributed by atoms with E-state index >= 15 is 0 Å². The number of hydrogen-bond donors (Lipinski definition) is 4. The molecule has 0 spiro atoms. The number of nitrogens with one attached hydrogen (secondary N) is 3. The van der Waals surface area contributed by atoms with Crippen molar-refractivity contribution in [3.05, 3.63) is 29.8 Å². The molecule has 1 aromatic rings. The van der Waals surface area contributed by atoms with Crippen molar-refractivity contribution in [2.75, 3.05) is 13.7 Å². The van der Waals surface area contributed by atoms with Crippen LogP contribution >= 0.6 is 10.2 Å². The molecule has 0 saturated carbocycles. The molecular formula is C14H18F5N3O4S.